The molecule has 4 heteroatoms. The average molecular weight is 170 g/mol. The van der Waals surface area contributed by atoms with Gasteiger partial charge in [-0.05, 0) is 6.92 Å². The number of carbonyl (C=O) groups is 2. The molecule has 0 saturated carbocycles. The monoisotopic (exact) mass is 170 g/mol. The first-order valence-electron chi connectivity index (χ1n) is 3.94. The molecule has 0 aromatic heterocycles. The van der Waals surface area contributed by atoms with Crippen LogP contribution in [-0.4, -0.2) is 36.0 Å². The highest BCUT2D eigenvalue weighted by Crippen LogP contribution is 2.05. The second-order valence-corrected chi connectivity index (χ2v) is 2.15. The molecule has 0 fully saturated rings. The lowest BCUT2D eigenvalue weighted by molar-refractivity contribution is -0.128. The molecule has 4 nitrogen and oxygen atoms in total. The van der Waals surface area contributed by atoms with Crippen LogP contribution >= 0.6 is 0 Å². The van der Waals surface area contributed by atoms with Gasteiger partial charge >= 0.3 is 0 Å². The Kier molecular flexibility index (Phi) is 4.18. The van der Waals surface area contributed by atoms with Crippen molar-refractivity contribution in [1.82, 2.24) is 4.90 Å². The highest BCUT2D eigenvalue weighted by atomic mass is 16.2. The summed E-state index contributed by atoms with van der Waals surface area (Å²) in [6, 6.07) is -0.787. The van der Waals surface area contributed by atoms with Crippen molar-refractivity contribution in [2.45, 2.75) is 26.8 Å². The Morgan fingerprint density at radius 3 is 2.17 bits per heavy atom. The second kappa shape index (κ2) is 4.64. The average Bonchev–Trinajstić information content (AvgIpc) is 2.36. The number of hydrogen-bond donors (Lipinski definition) is 0. The van der Waals surface area contributed by atoms with Crippen LogP contribution in [0.25, 0.3) is 0 Å². The van der Waals surface area contributed by atoms with Crippen molar-refractivity contribution in [3.05, 3.63) is 0 Å². The number of likely N-dealkylation sites (N-methyl/N-ethyl adjacent to an activating group) is 1. The fourth-order valence-corrected chi connectivity index (χ4v) is 0.790. The zero-order chi connectivity index (χ0) is 9.72. The lowest BCUT2D eigenvalue weighted by atomic mass is 10.3. The summed E-state index contributed by atoms with van der Waals surface area (Å²) < 4.78 is 0. The van der Waals surface area contributed by atoms with Gasteiger partial charge in [0.25, 0.3) is 5.91 Å². The SMILES string of the molecule is CC.CC1=NC(C=O)C(=O)N1C. The van der Waals surface area contributed by atoms with E-state index in [0.717, 1.165) is 0 Å². The van der Waals surface area contributed by atoms with Gasteiger partial charge < -0.3 is 9.69 Å². The molecule has 0 radical (unpaired) electrons. The smallest absolute Gasteiger partial charge is 0.259 e. The van der Waals surface area contributed by atoms with Crippen LogP contribution in [0.1, 0.15) is 20.8 Å². The van der Waals surface area contributed by atoms with Gasteiger partial charge in [-0.15, -0.1) is 0 Å². The maximum atomic E-state index is 10.9. The lowest BCUT2D eigenvalue weighted by Gasteiger charge is -2.06. The molecule has 0 bridgehead atoms. The Hall–Kier alpha value is -1.19. The van der Waals surface area contributed by atoms with Crippen molar-refractivity contribution in [2.75, 3.05) is 7.05 Å². The number of hydrogen-bond acceptors (Lipinski definition) is 3. The number of aliphatic imine (C=N–C) groups is 1. The molecular formula is C8H14N2O2. The van der Waals surface area contributed by atoms with Crippen LogP contribution in [0.15, 0.2) is 4.99 Å². The number of nitrogens with zero attached hydrogens (tertiary/aromatic N) is 2. The molecule has 1 atom stereocenters. The van der Waals surface area contributed by atoms with Gasteiger partial charge in [0.2, 0.25) is 0 Å². The van der Waals surface area contributed by atoms with Gasteiger partial charge in [-0.1, -0.05) is 13.8 Å². The predicted octanol–water partition coefficient (Wildman–Crippen LogP) is 0.470. The fourth-order valence-electron chi connectivity index (χ4n) is 0.790. The van der Waals surface area contributed by atoms with Crippen molar-refractivity contribution in [3.8, 4) is 0 Å². The molecule has 12 heavy (non-hydrogen) atoms. The molecule has 1 aliphatic rings. The number of amidine groups is 1. The Morgan fingerprint density at radius 2 is 2.00 bits per heavy atom. The van der Waals surface area contributed by atoms with Crippen LogP contribution in [0.2, 0.25) is 0 Å². The number of aldehydes is 1. The second-order valence-electron chi connectivity index (χ2n) is 2.15. The first-order chi connectivity index (χ1) is 5.66. The summed E-state index contributed by atoms with van der Waals surface area (Å²) in [6.07, 6.45) is 0.551. The number of carbonyl (C=O) groups excluding carboxylic acids is 2. The van der Waals surface area contributed by atoms with Gasteiger partial charge in [0.15, 0.2) is 12.3 Å². The molecule has 0 aromatic rings. The van der Waals surface area contributed by atoms with Crippen LogP contribution in [0.4, 0.5) is 0 Å². The van der Waals surface area contributed by atoms with Crippen LogP contribution in [0, 0.1) is 0 Å². The molecule has 1 heterocycles. The quantitative estimate of drug-likeness (QED) is 0.424. The van der Waals surface area contributed by atoms with E-state index in [1.165, 1.54) is 4.90 Å². The maximum absolute atomic E-state index is 10.9. The van der Waals surface area contributed by atoms with Crippen LogP contribution in [-0.2, 0) is 9.59 Å². The minimum Gasteiger partial charge on any atom is -0.302 e. The van der Waals surface area contributed by atoms with Crippen molar-refractivity contribution in [3.63, 3.8) is 0 Å². The largest absolute Gasteiger partial charge is 0.302 e. The van der Waals surface area contributed by atoms with E-state index in [2.05, 4.69) is 4.99 Å². The molecular weight excluding hydrogens is 156 g/mol. The summed E-state index contributed by atoms with van der Waals surface area (Å²) in [4.78, 5) is 26.2. The third kappa shape index (κ3) is 1.90. The normalized spacial score (nSPS) is 21.3. The van der Waals surface area contributed by atoms with E-state index < -0.39 is 6.04 Å². The molecule has 0 saturated heterocycles. The zero-order valence-electron chi connectivity index (χ0n) is 7.87. The summed E-state index contributed by atoms with van der Waals surface area (Å²) in [5, 5.41) is 0. The van der Waals surface area contributed by atoms with E-state index in [1.807, 2.05) is 13.8 Å². The van der Waals surface area contributed by atoms with E-state index in [0.29, 0.717) is 12.1 Å². The first-order valence-corrected chi connectivity index (χ1v) is 3.94. The predicted molar refractivity (Wildman–Crippen MR) is 47.1 cm³/mol. The Labute approximate surface area is 72.3 Å². The Morgan fingerprint density at radius 1 is 1.50 bits per heavy atom. The van der Waals surface area contributed by atoms with Crippen LogP contribution in [0.5, 0.6) is 0 Å². The minimum atomic E-state index is -0.787. The highest BCUT2D eigenvalue weighted by molar-refractivity contribution is 6.11. The van der Waals surface area contributed by atoms with Gasteiger partial charge in [0.05, 0.1) is 0 Å². The standard InChI is InChI=1S/C6H8N2O2.C2H6/c1-4-7-5(3-9)6(10)8(4)2;1-2/h3,5H,1-2H3;1-2H3. The van der Waals surface area contributed by atoms with Crippen molar-refractivity contribution < 1.29 is 9.59 Å². The number of amides is 1. The van der Waals surface area contributed by atoms with E-state index >= 15 is 0 Å². The summed E-state index contributed by atoms with van der Waals surface area (Å²) in [5.74, 6) is 0.356. The van der Waals surface area contributed by atoms with Crippen LogP contribution < -0.4 is 0 Å². The van der Waals surface area contributed by atoms with E-state index in [9.17, 15) is 9.59 Å². The van der Waals surface area contributed by atoms with Gasteiger partial charge in [-0.2, -0.15) is 0 Å². The van der Waals surface area contributed by atoms with Crippen molar-refractivity contribution in [2.24, 2.45) is 4.99 Å². The minimum absolute atomic E-state index is 0.243. The molecule has 1 rings (SSSR count). The van der Waals surface area contributed by atoms with Crippen LogP contribution in [0.3, 0.4) is 0 Å². The van der Waals surface area contributed by atoms with Gasteiger partial charge in [-0.25, -0.2) is 0 Å². The number of rotatable bonds is 1. The first kappa shape index (κ1) is 10.8. The zero-order valence-corrected chi connectivity index (χ0v) is 7.87. The van der Waals surface area contributed by atoms with Crippen molar-refractivity contribution in [1.29, 1.82) is 0 Å². The van der Waals surface area contributed by atoms with E-state index in [4.69, 9.17) is 0 Å². The molecule has 1 unspecified atom stereocenters. The maximum Gasteiger partial charge on any atom is 0.259 e. The summed E-state index contributed by atoms with van der Waals surface area (Å²) in [5.41, 5.74) is 0. The molecule has 1 amide bonds. The third-order valence-corrected chi connectivity index (χ3v) is 1.52. The Balaban J connectivity index is 0.000000561. The van der Waals surface area contributed by atoms with E-state index in [-0.39, 0.29) is 5.91 Å². The molecule has 0 aliphatic carbocycles. The van der Waals surface area contributed by atoms with E-state index in [1.54, 1.807) is 14.0 Å². The molecule has 0 spiro atoms. The summed E-state index contributed by atoms with van der Waals surface area (Å²) in [7, 11) is 1.60. The highest BCUT2D eigenvalue weighted by Gasteiger charge is 2.28. The lowest BCUT2D eigenvalue weighted by Crippen LogP contribution is -2.30. The summed E-state index contributed by atoms with van der Waals surface area (Å²) >= 11 is 0. The Bertz CT molecular complexity index is 211. The third-order valence-electron chi connectivity index (χ3n) is 1.52. The topological polar surface area (TPSA) is 49.7 Å². The molecule has 0 N–H and O–H groups in total. The summed E-state index contributed by atoms with van der Waals surface area (Å²) in [6.45, 7) is 5.70. The molecule has 68 valence electrons. The fraction of sp³-hybridized carbons (Fsp3) is 0.625. The van der Waals surface area contributed by atoms with Gasteiger partial charge in [0, 0.05) is 7.05 Å². The van der Waals surface area contributed by atoms with Gasteiger partial charge in [0.1, 0.15) is 5.84 Å². The van der Waals surface area contributed by atoms with Gasteiger partial charge in [-0.3, -0.25) is 9.79 Å². The molecule has 0 aromatic carbocycles. The van der Waals surface area contributed by atoms with Crippen molar-refractivity contribution >= 4 is 18.0 Å². The molecule has 1 aliphatic heterocycles.